The summed E-state index contributed by atoms with van der Waals surface area (Å²) in [6, 6.07) is 0.530. The number of hydrogen-bond acceptors (Lipinski definition) is 4. The second-order valence-corrected chi connectivity index (χ2v) is 5.95. The van der Waals surface area contributed by atoms with Crippen LogP contribution in [0.5, 0.6) is 0 Å². The van der Waals surface area contributed by atoms with Crippen LogP contribution in [0.4, 0.5) is 5.13 Å². The molecule has 4 heteroatoms. The summed E-state index contributed by atoms with van der Waals surface area (Å²) < 4.78 is 0. The van der Waals surface area contributed by atoms with Gasteiger partial charge in [0.05, 0.1) is 0 Å². The minimum atomic E-state index is 0.530. The summed E-state index contributed by atoms with van der Waals surface area (Å²) in [7, 11) is 0. The van der Waals surface area contributed by atoms with Crippen molar-refractivity contribution >= 4 is 22.5 Å². The molecule has 1 N–H and O–H groups in total. The maximum absolute atomic E-state index is 4.52. The van der Waals surface area contributed by atoms with Gasteiger partial charge in [0.15, 0.2) is 5.13 Å². The SMILES string of the molecule is CCC(=Cc1cnc(N(CC)CC)s1)CNC(C)C. The molecular formula is C15H27N3S. The molecule has 0 atom stereocenters. The van der Waals surface area contributed by atoms with Gasteiger partial charge in [-0.2, -0.15) is 0 Å². The molecule has 0 unspecified atom stereocenters. The second kappa shape index (κ2) is 8.33. The smallest absolute Gasteiger partial charge is 0.185 e. The predicted octanol–water partition coefficient (Wildman–Crippen LogP) is 3.78. The van der Waals surface area contributed by atoms with E-state index in [1.165, 1.54) is 10.5 Å². The van der Waals surface area contributed by atoms with Crippen molar-refractivity contribution in [3.8, 4) is 0 Å². The maximum Gasteiger partial charge on any atom is 0.185 e. The number of hydrogen-bond donors (Lipinski definition) is 1. The van der Waals surface area contributed by atoms with Gasteiger partial charge in [-0.25, -0.2) is 4.98 Å². The summed E-state index contributed by atoms with van der Waals surface area (Å²) in [5.41, 5.74) is 1.43. The number of aromatic nitrogens is 1. The highest BCUT2D eigenvalue weighted by molar-refractivity contribution is 7.16. The van der Waals surface area contributed by atoms with Crippen molar-refractivity contribution in [3.63, 3.8) is 0 Å². The van der Waals surface area contributed by atoms with E-state index >= 15 is 0 Å². The standard InChI is InChI=1S/C15H27N3S/c1-6-13(10-16-12(4)5)9-14-11-17-15(19-14)18(7-2)8-3/h9,11-12,16H,6-8,10H2,1-5H3. The van der Waals surface area contributed by atoms with Crippen LogP contribution in [0.1, 0.15) is 45.9 Å². The van der Waals surface area contributed by atoms with Crippen LogP contribution in [0.15, 0.2) is 11.8 Å². The van der Waals surface area contributed by atoms with Crippen LogP contribution < -0.4 is 10.2 Å². The van der Waals surface area contributed by atoms with Crippen molar-refractivity contribution in [1.82, 2.24) is 10.3 Å². The Labute approximate surface area is 121 Å². The first kappa shape index (κ1) is 16.2. The number of nitrogens with zero attached hydrogens (tertiary/aromatic N) is 2. The first-order valence-electron chi connectivity index (χ1n) is 7.24. The van der Waals surface area contributed by atoms with Gasteiger partial charge in [-0.15, -0.1) is 0 Å². The van der Waals surface area contributed by atoms with Gasteiger partial charge in [0.25, 0.3) is 0 Å². The molecule has 0 bridgehead atoms. The van der Waals surface area contributed by atoms with E-state index in [4.69, 9.17) is 0 Å². The fraction of sp³-hybridized carbons (Fsp3) is 0.667. The summed E-state index contributed by atoms with van der Waals surface area (Å²) in [4.78, 5) is 8.07. The zero-order chi connectivity index (χ0) is 14.3. The first-order valence-corrected chi connectivity index (χ1v) is 8.05. The molecule has 0 fully saturated rings. The molecule has 108 valence electrons. The van der Waals surface area contributed by atoms with Crippen molar-refractivity contribution in [2.75, 3.05) is 24.5 Å². The molecule has 3 nitrogen and oxygen atoms in total. The summed E-state index contributed by atoms with van der Waals surface area (Å²) >= 11 is 1.78. The van der Waals surface area contributed by atoms with Crippen molar-refractivity contribution < 1.29 is 0 Å². The molecule has 0 aliphatic heterocycles. The molecule has 1 aromatic heterocycles. The largest absolute Gasteiger partial charge is 0.349 e. The topological polar surface area (TPSA) is 28.2 Å². The van der Waals surface area contributed by atoms with Gasteiger partial charge >= 0.3 is 0 Å². The zero-order valence-corrected chi connectivity index (χ0v) is 13.7. The van der Waals surface area contributed by atoms with Gasteiger partial charge in [0.1, 0.15) is 0 Å². The van der Waals surface area contributed by atoms with Crippen molar-refractivity contribution in [2.45, 2.75) is 47.1 Å². The fourth-order valence-electron chi connectivity index (χ4n) is 1.80. The Hall–Kier alpha value is -0.870. The zero-order valence-electron chi connectivity index (χ0n) is 12.9. The van der Waals surface area contributed by atoms with Crippen LogP contribution in [-0.2, 0) is 0 Å². The van der Waals surface area contributed by atoms with E-state index in [-0.39, 0.29) is 0 Å². The average Bonchev–Trinajstić information content (AvgIpc) is 2.84. The van der Waals surface area contributed by atoms with Crippen LogP contribution in [0.25, 0.3) is 6.08 Å². The van der Waals surface area contributed by atoms with E-state index < -0.39 is 0 Å². The van der Waals surface area contributed by atoms with Gasteiger partial charge in [0, 0.05) is 36.8 Å². The molecule has 1 aromatic rings. The monoisotopic (exact) mass is 281 g/mol. The molecule has 0 aliphatic rings. The number of thiazole rings is 1. The van der Waals surface area contributed by atoms with Gasteiger partial charge < -0.3 is 10.2 Å². The Kier molecular flexibility index (Phi) is 7.10. The highest BCUT2D eigenvalue weighted by Gasteiger charge is 2.07. The van der Waals surface area contributed by atoms with Crippen LogP contribution in [-0.4, -0.2) is 30.7 Å². The second-order valence-electron chi connectivity index (χ2n) is 4.91. The van der Waals surface area contributed by atoms with E-state index in [9.17, 15) is 0 Å². The van der Waals surface area contributed by atoms with Gasteiger partial charge in [-0.3, -0.25) is 0 Å². The third-order valence-corrected chi connectivity index (χ3v) is 4.09. The van der Waals surface area contributed by atoms with Gasteiger partial charge in [0.2, 0.25) is 0 Å². The Morgan fingerprint density at radius 3 is 2.58 bits per heavy atom. The van der Waals surface area contributed by atoms with Gasteiger partial charge in [-0.1, -0.05) is 37.7 Å². The molecule has 0 aliphatic carbocycles. The van der Waals surface area contributed by atoms with E-state index in [0.717, 1.165) is 31.2 Å². The van der Waals surface area contributed by atoms with E-state index in [0.29, 0.717) is 6.04 Å². The summed E-state index contributed by atoms with van der Waals surface area (Å²) in [5, 5.41) is 4.60. The third-order valence-electron chi connectivity index (χ3n) is 3.08. The Morgan fingerprint density at radius 2 is 2.05 bits per heavy atom. The molecule has 0 amide bonds. The predicted molar refractivity (Wildman–Crippen MR) is 87.1 cm³/mol. The lowest BCUT2D eigenvalue weighted by Crippen LogP contribution is -2.24. The molecule has 0 saturated heterocycles. The molecule has 1 heterocycles. The quantitative estimate of drug-likeness (QED) is 0.786. The van der Waals surface area contributed by atoms with E-state index in [1.807, 2.05) is 6.20 Å². The Bertz CT molecular complexity index is 392. The molecular weight excluding hydrogens is 254 g/mol. The van der Waals surface area contributed by atoms with Crippen molar-refractivity contribution in [3.05, 3.63) is 16.6 Å². The Morgan fingerprint density at radius 1 is 1.37 bits per heavy atom. The number of nitrogens with one attached hydrogen (secondary N) is 1. The maximum atomic E-state index is 4.52. The third kappa shape index (κ3) is 5.33. The highest BCUT2D eigenvalue weighted by Crippen LogP contribution is 2.24. The van der Waals surface area contributed by atoms with Gasteiger partial charge in [-0.05, 0) is 26.3 Å². The molecule has 1 rings (SSSR count). The van der Waals surface area contributed by atoms with Crippen LogP contribution in [0.3, 0.4) is 0 Å². The number of rotatable bonds is 8. The molecule has 19 heavy (non-hydrogen) atoms. The molecule has 0 spiro atoms. The Balaban J connectivity index is 2.73. The van der Waals surface area contributed by atoms with Crippen molar-refractivity contribution in [1.29, 1.82) is 0 Å². The summed E-state index contributed by atoms with van der Waals surface area (Å²) in [6.45, 7) is 13.9. The normalized spacial score (nSPS) is 12.2. The minimum Gasteiger partial charge on any atom is -0.349 e. The van der Waals surface area contributed by atoms with E-state index in [2.05, 4.69) is 55.9 Å². The lowest BCUT2D eigenvalue weighted by Gasteiger charge is -2.16. The van der Waals surface area contributed by atoms with E-state index in [1.54, 1.807) is 11.3 Å². The molecule has 0 saturated carbocycles. The lowest BCUT2D eigenvalue weighted by molar-refractivity contribution is 0.617. The lowest BCUT2D eigenvalue weighted by atomic mass is 10.2. The highest BCUT2D eigenvalue weighted by atomic mass is 32.1. The van der Waals surface area contributed by atoms with Crippen LogP contribution in [0, 0.1) is 0 Å². The molecule has 0 radical (unpaired) electrons. The molecule has 0 aromatic carbocycles. The van der Waals surface area contributed by atoms with Crippen LogP contribution in [0.2, 0.25) is 0 Å². The fourth-order valence-corrected chi connectivity index (χ4v) is 2.83. The summed E-state index contributed by atoms with van der Waals surface area (Å²) in [6.07, 6.45) is 5.35. The van der Waals surface area contributed by atoms with Crippen LogP contribution >= 0.6 is 11.3 Å². The first-order chi connectivity index (χ1) is 9.10. The summed E-state index contributed by atoms with van der Waals surface area (Å²) in [5.74, 6) is 0. The minimum absolute atomic E-state index is 0.530. The average molecular weight is 281 g/mol. The number of anilines is 1. The van der Waals surface area contributed by atoms with Crippen molar-refractivity contribution in [2.24, 2.45) is 0 Å².